The molecule has 1 N–H and O–H groups in total. The lowest BCUT2D eigenvalue weighted by molar-refractivity contribution is -0.137. The van der Waals surface area contributed by atoms with E-state index in [1.807, 2.05) is 0 Å². The molecular formula is C11H11F3N2O. The van der Waals surface area contributed by atoms with Gasteiger partial charge in [-0.3, -0.25) is 0 Å². The Bertz CT molecular complexity index is 558. The van der Waals surface area contributed by atoms with Crippen LogP contribution in [0.3, 0.4) is 0 Å². The third kappa shape index (κ3) is 2.00. The van der Waals surface area contributed by atoms with Gasteiger partial charge in [0, 0.05) is 6.20 Å². The van der Waals surface area contributed by atoms with Gasteiger partial charge in [0.2, 0.25) is 0 Å². The van der Waals surface area contributed by atoms with Crippen LogP contribution in [-0.4, -0.2) is 14.5 Å². The molecule has 17 heavy (non-hydrogen) atoms. The van der Waals surface area contributed by atoms with E-state index in [-0.39, 0.29) is 5.65 Å². The van der Waals surface area contributed by atoms with Gasteiger partial charge in [-0.1, -0.05) is 0 Å². The van der Waals surface area contributed by atoms with Crippen LogP contribution in [0.25, 0.3) is 5.65 Å². The molecule has 0 amide bonds. The summed E-state index contributed by atoms with van der Waals surface area (Å²) in [5.41, 5.74) is 0.480. The summed E-state index contributed by atoms with van der Waals surface area (Å²) in [6, 6.07) is 1.94. The number of alkyl halides is 3. The standard InChI is InChI=1S/C11H11F3N2O/c1-6-10(7(2)17)16-4-3-8(11(12,13)14)5-9(16)15-6/h3-5,7,17H,1-2H3. The van der Waals surface area contributed by atoms with Crippen molar-refractivity contribution in [2.45, 2.75) is 26.1 Å². The smallest absolute Gasteiger partial charge is 0.387 e. The van der Waals surface area contributed by atoms with E-state index in [4.69, 9.17) is 0 Å². The number of aliphatic hydroxyl groups is 1. The van der Waals surface area contributed by atoms with Crippen LogP contribution in [0.1, 0.15) is 30.0 Å². The number of nitrogens with zero attached hydrogens (tertiary/aromatic N) is 2. The number of imidazole rings is 1. The van der Waals surface area contributed by atoms with Gasteiger partial charge >= 0.3 is 6.18 Å². The fraction of sp³-hybridized carbons (Fsp3) is 0.364. The first-order chi connectivity index (χ1) is 7.80. The van der Waals surface area contributed by atoms with Crippen molar-refractivity contribution in [3.8, 4) is 0 Å². The number of halogens is 3. The summed E-state index contributed by atoms with van der Waals surface area (Å²) in [7, 11) is 0. The van der Waals surface area contributed by atoms with Crippen molar-refractivity contribution in [3.05, 3.63) is 35.3 Å². The number of fused-ring (bicyclic) bond motifs is 1. The summed E-state index contributed by atoms with van der Waals surface area (Å²) < 4.78 is 39.0. The summed E-state index contributed by atoms with van der Waals surface area (Å²) in [5, 5.41) is 9.54. The van der Waals surface area contributed by atoms with Crippen molar-refractivity contribution in [2.75, 3.05) is 0 Å². The fourth-order valence-corrected chi connectivity index (χ4v) is 1.86. The molecule has 0 saturated carbocycles. The number of pyridine rings is 1. The molecule has 6 heteroatoms. The van der Waals surface area contributed by atoms with Crippen molar-refractivity contribution in [1.29, 1.82) is 0 Å². The van der Waals surface area contributed by atoms with Gasteiger partial charge in [0.25, 0.3) is 0 Å². The van der Waals surface area contributed by atoms with Gasteiger partial charge in [-0.15, -0.1) is 0 Å². The molecule has 92 valence electrons. The van der Waals surface area contributed by atoms with E-state index in [1.165, 1.54) is 10.6 Å². The molecule has 0 aliphatic heterocycles. The summed E-state index contributed by atoms with van der Waals surface area (Å²) in [5.74, 6) is 0. The maximum atomic E-state index is 12.5. The van der Waals surface area contributed by atoms with Crippen LogP contribution in [0.4, 0.5) is 13.2 Å². The lowest BCUT2D eigenvalue weighted by atomic mass is 10.2. The second-order valence-corrected chi connectivity index (χ2v) is 3.90. The van der Waals surface area contributed by atoms with Crippen LogP contribution in [0, 0.1) is 6.92 Å². The maximum Gasteiger partial charge on any atom is 0.416 e. The number of aryl methyl sites for hydroxylation is 1. The van der Waals surface area contributed by atoms with Crippen molar-refractivity contribution in [2.24, 2.45) is 0 Å². The maximum absolute atomic E-state index is 12.5. The van der Waals surface area contributed by atoms with Crippen LogP contribution in [0.15, 0.2) is 18.3 Å². The second kappa shape index (κ2) is 3.73. The van der Waals surface area contributed by atoms with E-state index in [9.17, 15) is 18.3 Å². The Balaban J connectivity index is 2.66. The third-order valence-corrected chi connectivity index (χ3v) is 2.57. The predicted molar refractivity (Wildman–Crippen MR) is 55.6 cm³/mol. The second-order valence-electron chi connectivity index (χ2n) is 3.90. The zero-order chi connectivity index (χ0) is 12.8. The third-order valence-electron chi connectivity index (χ3n) is 2.57. The normalized spacial score (nSPS) is 14.2. The van der Waals surface area contributed by atoms with Crippen LogP contribution >= 0.6 is 0 Å². The first-order valence-corrected chi connectivity index (χ1v) is 5.04. The molecule has 1 unspecified atom stereocenters. The zero-order valence-corrected chi connectivity index (χ0v) is 9.28. The molecule has 0 saturated heterocycles. The zero-order valence-electron chi connectivity index (χ0n) is 9.28. The van der Waals surface area contributed by atoms with Crippen LogP contribution in [-0.2, 0) is 6.18 Å². The minimum Gasteiger partial charge on any atom is -0.387 e. The molecule has 0 aliphatic carbocycles. The Kier molecular flexibility index (Phi) is 2.61. The SMILES string of the molecule is Cc1nc2cc(C(F)(F)F)ccn2c1C(C)O. The van der Waals surface area contributed by atoms with E-state index in [0.717, 1.165) is 12.1 Å². The molecular weight excluding hydrogens is 233 g/mol. The Hall–Kier alpha value is -1.56. The Morgan fingerprint density at radius 1 is 1.41 bits per heavy atom. The van der Waals surface area contributed by atoms with E-state index >= 15 is 0 Å². The van der Waals surface area contributed by atoms with Crippen molar-refractivity contribution in [1.82, 2.24) is 9.38 Å². The highest BCUT2D eigenvalue weighted by Crippen LogP contribution is 2.30. The van der Waals surface area contributed by atoms with Crippen molar-refractivity contribution in [3.63, 3.8) is 0 Å². The molecule has 2 aromatic heterocycles. The number of hydrogen-bond donors (Lipinski definition) is 1. The quantitative estimate of drug-likeness (QED) is 0.837. The predicted octanol–water partition coefficient (Wildman–Crippen LogP) is 2.71. The molecule has 2 rings (SSSR count). The fourth-order valence-electron chi connectivity index (χ4n) is 1.86. The van der Waals surface area contributed by atoms with E-state index in [0.29, 0.717) is 11.4 Å². The van der Waals surface area contributed by atoms with Crippen LogP contribution < -0.4 is 0 Å². The lowest BCUT2D eigenvalue weighted by Crippen LogP contribution is -2.06. The summed E-state index contributed by atoms with van der Waals surface area (Å²) in [6.07, 6.45) is -3.88. The Labute approximate surface area is 95.5 Å². The highest BCUT2D eigenvalue weighted by Gasteiger charge is 2.31. The number of hydrogen-bond acceptors (Lipinski definition) is 2. The molecule has 0 fully saturated rings. The topological polar surface area (TPSA) is 37.5 Å². The average Bonchev–Trinajstić information content (AvgIpc) is 2.50. The first kappa shape index (κ1) is 11.9. The van der Waals surface area contributed by atoms with Crippen molar-refractivity contribution >= 4 is 5.65 Å². The van der Waals surface area contributed by atoms with Crippen molar-refractivity contribution < 1.29 is 18.3 Å². The van der Waals surface area contributed by atoms with E-state index in [1.54, 1.807) is 13.8 Å². The van der Waals surface area contributed by atoms with Gasteiger partial charge in [-0.2, -0.15) is 13.2 Å². The minimum absolute atomic E-state index is 0.188. The summed E-state index contributed by atoms with van der Waals surface area (Å²) >= 11 is 0. The van der Waals surface area contributed by atoms with Crippen LogP contribution in [0.5, 0.6) is 0 Å². The Morgan fingerprint density at radius 3 is 2.59 bits per heavy atom. The largest absolute Gasteiger partial charge is 0.416 e. The number of aliphatic hydroxyl groups excluding tert-OH is 1. The molecule has 2 heterocycles. The molecule has 0 aliphatic rings. The Morgan fingerprint density at radius 2 is 2.06 bits per heavy atom. The van der Waals surface area contributed by atoms with Gasteiger partial charge in [0.05, 0.1) is 23.1 Å². The molecule has 0 spiro atoms. The molecule has 0 bridgehead atoms. The first-order valence-electron chi connectivity index (χ1n) is 5.04. The molecule has 0 aromatic carbocycles. The minimum atomic E-state index is -4.38. The number of rotatable bonds is 1. The molecule has 1 atom stereocenters. The highest BCUT2D eigenvalue weighted by molar-refractivity contribution is 5.46. The van der Waals surface area contributed by atoms with Gasteiger partial charge in [0.1, 0.15) is 5.65 Å². The summed E-state index contributed by atoms with van der Waals surface area (Å²) in [4.78, 5) is 4.01. The van der Waals surface area contributed by atoms with Gasteiger partial charge in [-0.25, -0.2) is 4.98 Å². The van der Waals surface area contributed by atoms with E-state index < -0.39 is 17.8 Å². The lowest BCUT2D eigenvalue weighted by Gasteiger charge is -2.08. The monoisotopic (exact) mass is 244 g/mol. The highest BCUT2D eigenvalue weighted by atomic mass is 19.4. The van der Waals surface area contributed by atoms with Gasteiger partial charge in [0.15, 0.2) is 0 Å². The number of aromatic nitrogens is 2. The molecule has 2 aromatic rings. The van der Waals surface area contributed by atoms with Crippen LogP contribution in [0.2, 0.25) is 0 Å². The molecule has 0 radical (unpaired) electrons. The van der Waals surface area contributed by atoms with E-state index in [2.05, 4.69) is 4.98 Å². The summed E-state index contributed by atoms with van der Waals surface area (Å²) in [6.45, 7) is 3.20. The average molecular weight is 244 g/mol. The van der Waals surface area contributed by atoms with Gasteiger partial charge in [-0.05, 0) is 26.0 Å². The van der Waals surface area contributed by atoms with Gasteiger partial charge < -0.3 is 9.51 Å². The molecule has 3 nitrogen and oxygen atoms in total.